The first kappa shape index (κ1) is 18.9. The molecule has 0 saturated carbocycles. The van der Waals surface area contributed by atoms with Gasteiger partial charge in [0.25, 0.3) is 11.5 Å². The maximum Gasteiger partial charge on any atom is 0.345 e. The zero-order valence-corrected chi connectivity index (χ0v) is 16.7. The first-order valence-corrected chi connectivity index (χ1v) is 9.92. The summed E-state index contributed by atoms with van der Waals surface area (Å²) >= 11 is 0. The molecule has 1 amide bonds. The van der Waals surface area contributed by atoms with Crippen molar-refractivity contribution in [2.45, 2.75) is 26.3 Å². The van der Waals surface area contributed by atoms with E-state index in [0.717, 1.165) is 24.1 Å². The fourth-order valence-corrected chi connectivity index (χ4v) is 3.80. The number of fused-ring (bicyclic) bond motifs is 3. The second-order valence-corrected chi connectivity index (χ2v) is 7.44. The Labute approximate surface area is 175 Å². The third-order valence-electron chi connectivity index (χ3n) is 5.44. The van der Waals surface area contributed by atoms with Crippen LogP contribution in [0.2, 0.25) is 0 Å². The molecule has 0 bridgehead atoms. The number of carbonyl (C=O) groups excluding carboxylic acids is 1. The summed E-state index contributed by atoms with van der Waals surface area (Å²) in [6.07, 6.45) is 1.64. The Hall–Kier alpha value is -4.07. The average molecular weight is 414 g/mol. The molecule has 0 aliphatic carbocycles. The van der Waals surface area contributed by atoms with Gasteiger partial charge >= 0.3 is 5.63 Å². The predicted octanol–water partition coefficient (Wildman–Crippen LogP) is 2.60. The monoisotopic (exact) mass is 414 g/mol. The summed E-state index contributed by atoms with van der Waals surface area (Å²) in [4.78, 5) is 42.0. The number of rotatable bonds is 3. The van der Waals surface area contributed by atoms with Crippen molar-refractivity contribution >= 4 is 33.5 Å². The van der Waals surface area contributed by atoms with Crippen molar-refractivity contribution in [1.29, 1.82) is 0 Å². The molecule has 0 atom stereocenters. The number of hydrazone groups is 1. The molecule has 1 aliphatic heterocycles. The van der Waals surface area contributed by atoms with E-state index in [1.165, 1.54) is 0 Å². The van der Waals surface area contributed by atoms with E-state index in [2.05, 4.69) is 15.5 Å². The van der Waals surface area contributed by atoms with E-state index in [9.17, 15) is 14.4 Å². The Morgan fingerprint density at radius 1 is 1.16 bits per heavy atom. The lowest BCUT2D eigenvalue weighted by atomic mass is 10.1. The number of benzene rings is 2. The number of hydrogen-bond acceptors (Lipinski definition) is 6. The van der Waals surface area contributed by atoms with Crippen LogP contribution in [0, 0.1) is 0 Å². The first-order chi connectivity index (χ1) is 15.0. The highest BCUT2D eigenvalue weighted by Gasteiger charge is 2.17. The van der Waals surface area contributed by atoms with Crippen molar-refractivity contribution in [2.24, 2.45) is 5.10 Å². The van der Waals surface area contributed by atoms with Gasteiger partial charge in [0.05, 0.1) is 22.2 Å². The molecule has 0 saturated heterocycles. The van der Waals surface area contributed by atoms with E-state index >= 15 is 0 Å². The summed E-state index contributed by atoms with van der Waals surface area (Å²) in [6.45, 7) is 2.30. The standard InChI is InChI=1S/C23H18N4O4/c1-13(17-11-14-5-2-3-6-19(14)31-23(17)30)25-26-21(28)15-8-9-16-18(12-15)24-20-7-4-10-27(20)22(16)29/h2-3,5-6,8-9,11-12H,4,7,10H2,1H3,(H,26,28)/b25-13-. The minimum absolute atomic E-state index is 0.0821. The lowest BCUT2D eigenvalue weighted by molar-refractivity contribution is 0.0955. The minimum Gasteiger partial charge on any atom is -0.422 e. The van der Waals surface area contributed by atoms with Crippen molar-refractivity contribution in [3.05, 3.63) is 86.3 Å². The van der Waals surface area contributed by atoms with E-state index < -0.39 is 11.5 Å². The Balaban J connectivity index is 1.43. The zero-order chi connectivity index (χ0) is 21.5. The van der Waals surface area contributed by atoms with E-state index in [4.69, 9.17) is 4.42 Å². The summed E-state index contributed by atoms with van der Waals surface area (Å²) in [5, 5.41) is 5.31. The Kier molecular flexibility index (Phi) is 4.47. The fourth-order valence-electron chi connectivity index (χ4n) is 3.80. The summed E-state index contributed by atoms with van der Waals surface area (Å²) in [5.41, 5.74) is 3.74. The zero-order valence-electron chi connectivity index (χ0n) is 16.7. The number of hydrogen-bond donors (Lipinski definition) is 1. The number of nitrogens with one attached hydrogen (secondary N) is 1. The summed E-state index contributed by atoms with van der Waals surface area (Å²) in [6, 6.07) is 13.6. The SMILES string of the molecule is C/C(=N/NC(=O)c1ccc2c(=O)n3c(nc2c1)CCC3)c1cc2ccccc2oc1=O. The summed E-state index contributed by atoms with van der Waals surface area (Å²) in [5.74, 6) is 0.279. The van der Waals surface area contributed by atoms with Crippen LogP contribution in [0.25, 0.3) is 21.9 Å². The Morgan fingerprint density at radius 2 is 2.00 bits per heavy atom. The van der Waals surface area contributed by atoms with Gasteiger partial charge in [0.2, 0.25) is 0 Å². The van der Waals surface area contributed by atoms with Crippen molar-refractivity contribution < 1.29 is 9.21 Å². The minimum atomic E-state index is -0.529. The van der Waals surface area contributed by atoms with E-state index in [1.807, 2.05) is 12.1 Å². The highest BCUT2D eigenvalue weighted by Crippen LogP contribution is 2.16. The number of carbonyl (C=O) groups is 1. The van der Waals surface area contributed by atoms with Gasteiger partial charge in [0, 0.05) is 23.9 Å². The van der Waals surface area contributed by atoms with Crippen LogP contribution in [0.4, 0.5) is 0 Å². The molecule has 1 N–H and O–H groups in total. The molecule has 31 heavy (non-hydrogen) atoms. The quantitative estimate of drug-likeness (QED) is 0.315. The van der Waals surface area contributed by atoms with Gasteiger partial charge in [0.15, 0.2) is 0 Å². The molecule has 0 unspecified atom stereocenters. The van der Waals surface area contributed by atoms with Gasteiger partial charge in [-0.1, -0.05) is 18.2 Å². The lowest BCUT2D eigenvalue weighted by Gasteiger charge is -2.07. The number of aromatic nitrogens is 2. The summed E-state index contributed by atoms with van der Waals surface area (Å²) < 4.78 is 7.00. The predicted molar refractivity (Wildman–Crippen MR) is 116 cm³/mol. The molecule has 1 aliphatic rings. The van der Waals surface area contributed by atoms with Crippen LogP contribution >= 0.6 is 0 Å². The molecule has 4 aromatic rings. The molecule has 8 nitrogen and oxygen atoms in total. The van der Waals surface area contributed by atoms with Crippen LogP contribution in [0.1, 0.15) is 35.1 Å². The topological polar surface area (TPSA) is 107 Å². The van der Waals surface area contributed by atoms with Crippen LogP contribution < -0.4 is 16.6 Å². The largest absolute Gasteiger partial charge is 0.422 e. The third-order valence-corrected chi connectivity index (χ3v) is 5.44. The summed E-state index contributed by atoms with van der Waals surface area (Å²) in [7, 11) is 0. The van der Waals surface area contributed by atoms with Gasteiger partial charge in [0.1, 0.15) is 11.4 Å². The van der Waals surface area contributed by atoms with Crippen LogP contribution in [-0.2, 0) is 13.0 Å². The molecule has 3 heterocycles. The average Bonchev–Trinajstić information content (AvgIpc) is 3.25. The molecule has 2 aromatic carbocycles. The second kappa shape index (κ2) is 7.32. The highest BCUT2D eigenvalue weighted by molar-refractivity contribution is 6.02. The number of para-hydroxylation sites is 1. The van der Waals surface area contributed by atoms with Crippen LogP contribution in [0.15, 0.2) is 67.6 Å². The highest BCUT2D eigenvalue weighted by atomic mass is 16.4. The first-order valence-electron chi connectivity index (χ1n) is 9.92. The van der Waals surface area contributed by atoms with Crippen LogP contribution in [0.3, 0.4) is 0 Å². The molecular formula is C23H18N4O4. The second-order valence-electron chi connectivity index (χ2n) is 7.44. The lowest BCUT2D eigenvalue weighted by Crippen LogP contribution is -2.23. The van der Waals surface area contributed by atoms with E-state index in [1.54, 1.807) is 47.9 Å². The van der Waals surface area contributed by atoms with Crippen LogP contribution in [-0.4, -0.2) is 21.2 Å². The molecule has 2 aromatic heterocycles. The molecule has 8 heteroatoms. The number of amides is 1. The van der Waals surface area contributed by atoms with Crippen molar-refractivity contribution in [3.8, 4) is 0 Å². The van der Waals surface area contributed by atoms with Gasteiger partial charge in [-0.15, -0.1) is 0 Å². The van der Waals surface area contributed by atoms with Crippen molar-refractivity contribution in [1.82, 2.24) is 15.0 Å². The molecular weight excluding hydrogens is 396 g/mol. The van der Waals surface area contributed by atoms with Gasteiger partial charge in [-0.25, -0.2) is 15.2 Å². The molecule has 0 radical (unpaired) electrons. The van der Waals surface area contributed by atoms with Gasteiger partial charge in [-0.05, 0) is 43.7 Å². The number of aryl methyl sites for hydroxylation is 1. The van der Waals surface area contributed by atoms with E-state index in [0.29, 0.717) is 34.3 Å². The van der Waals surface area contributed by atoms with E-state index in [-0.39, 0.29) is 11.1 Å². The van der Waals surface area contributed by atoms with Gasteiger partial charge < -0.3 is 4.42 Å². The third kappa shape index (κ3) is 3.31. The number of nitrogens with zero attached hydrogens (tertiary/aromatic N) is 3. The molecule has 154 valence electrons. The van der Waals surface area contributed by atoms with Gasteiger partial charge in [-0.2, -0.15) is 5.10 Å². The normalized spacial score (nSPS) is 13.5. The smallest absolute Gasteiger partial charge is 0.345 e. The Bertz CT molecular complexity index is 1510. The molecule has 0 fully saturated rings. The molecule has 5 rings (SSSR count). The van der Waals surface area contributed by atoms with Crippen molar-refractivity contribution in [2.75, 3.05) is 0 Å². The Morgan fingerprint density at radius 3 is 2.87 bits per heavy atom. The van der Waals surface area contributed by atoms with Crippen LogP contribution in [0.5, 0.6) is 0 Å². The fraction of sp³-hybridized carbons (Fsp3) is 0.174. The van der Waals surface area contributed by atoms with Crippen molar-refractivity contribution in [3.63, 3.8) is 0 Å². The molecule has 0 spiro atoms. The maximum atomic E-state index is 12.6. The van der Waals surface area contributed by atoms with Gasteiger partial charge in [-0.3, -0.25) is 14.2 Å². The maximum absolute atomic E-state index is 12.6.